The molecular weight excluding hydrogens is 224 g/mol. The Morgan fingerprint density at radius 3 is 2.83 bits per heavy atom. The smallest absolute Gasteiger partial charge is 0.137 e. The summed E-state index contributed by atoms with van der Waals surface area (Å²) in [5, 5.41) is 8.94. The van der Waals surface area contributed by atoms with Crippen molar-refractivity contribution < 1.29 is 4.74 Å². The van der Waals surface area contributed by atoms with Gasteiger partial charge in [0.2, 0.25) is 0 Å². The first-order valence-electron chi connectivity index (χ1n) is 6.51. The van der Waals surface area contributed by atoms with Crippen molar-refractivity contribution in [2.75, 3.05) is 26.7 Å². The summed E-state index contributed by atoms with van der Waals surface area (Å²) in [6, 6.07) is 9.52. The van der Waals surface area contributed by atoms with Crippen molar-refractivity contribution in [1.82, 2.24) is 4.90 Å². The monoisotopic (exact) mass is 244 g/mol. The lowest BCUT2D eigenvalue weighted by Crippen LogP contribution is -2.26. The SMILES string of the molecule is CC1CC1CN(C)CCOc1ccccc1C#N. The highest BCUT2D eigenvalue weighted by molar-refractivity contribution is 5.42. The Bertz CT molecular complexity index is 438. The predicted octanol–water partition coefficient (Wildman–Crippen LogP) is 2.52. The first kappa shape index (κ1) is 12.9. The van der Waals surface area contributed by atoms with Crippen molar-refractivity contribution >= 4 is 0 Å². The summed E-state index contributed by atoms with van der Waals surface area (Å²) >= 11 is 0. The first-order chi connectivity index (χ1) is 8.70. The predicted molar refractivity (Wildman–Crippen MR) is 71.4 cm³/mol. The zero-order valence-electron chi connectivity index (χ0n) is 11.1. The summed E-state index contributed by atoms with van der Waals surface area (Å²) in [4.78, 5) is 2.31. The largest absolute Gasteiger partial charge is 0.491 e. The molecule has 0 N–H and O–H groups in total. The van der Waals surface area contributed by atoms with Gasteiger partial charge in [-0.2, -0.15) is 5.26 Å². The van der Waals surface area contributed by atoms with Crippen molar-refractivity contribution in [3.05, 3.63) is 29.8 Å². The van der Waals surface area contributed by atoms with Crippen LogP contribution in [-0.2, 0) is 0 Å². The molecule has 0 radical (unpaired) electrons. The number of rotatable bonds is 6. The van der Waals surface area contributed by atoms with E-state index in [-0.39, 0.29) is 0 Å². The Balaban J connectivity index is 1.73. The molecule has 3 nitrogen and oxygen atoms in total. The maximum absolute atomic E-state index is 8.94. The molecule has 1 aliphatic carbocycles. The minimum Gasteiger partial charge on any atom is -0.491 e. The number of likely N-dealkylation sites (N-methyl/N-ethyl adjacent to an activating group) is 1. The topological polar surface area (TPSA) is 36.3 Å². The van der Waals surface area contributed by atoms with Crippen LogP contribution in [0.15, 0.2) is 24.3 Å². The van der Waals surface area contributed by atoms with Gasteiger partial charge in [0.15, 0.2) is 0 Å². The number of para-hydroxylation sites is 1. The molecule has 1 aliphatic rings. The average molecular weight is 244 g/mol. The molecular formula is C15H20N2O. The van der Waals surface area contributed by atoms with E-state index in [0.29, 0.717) is 17.9 Å². The van der Waals surface area contributed by atoms with Gasteiger partial charge in [0.25, 0.3) is 0 Å². The molecule has 1 fully saturated rings. The second kappa shape index (κ2) is 5.88. The maximum Gasteiger partial charge on any atom is 0.137 e. The van der Waals surface area contributed by atoms with Crippen LogP contribution in [0, 0.1) is 23.2 Å². The molecule has 0 bridgehead atoms. The van der Waals surface area contributed by atoms with Gasteiger partial charge in [0, 0.05) is 13.1 Å². The van der Waals surface area contributed by atoms with E-state index >= 15 is 0 Å². The van der Waals surface area contributed by atoms with E-state index in [9.17, 15) is 0 Å². The number of hydrogen-bond donors (Lipinski definition) is 0. The Labute approximate surface area is 109 Å². The molecule has 0 heterocycles. The van der Waals surface area contributed by atoms with Crippen LogP contribution in [0.1, 0.15) is 18.9 Å². The third-order valence-corrected chi connectivity index (χ3v) is 3.56. The summed E-state index contributed by atoms with van der Waals surface area (Å²) in [6.07, 6.45) is 1.36. The van der Waals surface area contributed by atoms with Crippen molar-refractivity contribution in [2.45, 2.75) is 13.3 Å². The molecule has 0 aliphatic heterocycles. The molecule has 2 atom stereocenters. The number of ether oxygens (including phenoxy) is 1. The van der Waals surface area contributed by atoms with Crippen LogP contribution in [0.25, 0.3) is 0 Å². The van der Waals surface area contributed by atoms with E-state index in [1.807, 2.05) is 18.2 Å². The first-order valence-corrected chi connectivity index (χ1v) is 6.51. The molecule has 1 saturated carbocycles. The summed E-state index contributed by atoms with van der Waals surface area (Å²) in [5.74, 6) is 2.46. The molecule has 1 aromatic carbocycles. The third kappa shape index (κ3) is 3.48. The van der Waals surface area contributed by atoms with Crippen LogP contribution < -0.4 is 4.74 Å². The number of hydrogen-bond acceptors (Lipinski definition) is 3. The second-order valence-corrected chi connectivity index (χ2v) is 5.19. The fourth-order valence-corrected chi connectivity index (χ4v) is 2.14. The molecule has 0 aromatic heterocycles. The van der Waals surface area contributed by atoms with Gasteiger partial charge in [-0.15, -0.1) is 0 Å². The minimum atomic E-state index is 0.607. The van der Waals surface area contributed by atoms with Gasteiger partial charge < -0.3 is 9.64 Å². The molecule has 0 saturated heterocycles. The fraction of sp³-hybridized carbons (Fsp3) is 0.533. The lowest BCUT2D eigenvalue weighted by atomic mass is 10.2. The summed E-state index contributed by atoms with van der Waals surface area (Å²) < 4.78 is 5.66. The van der Waals surface area contributed by atoms with Gasteiger partial charge in [0.1, 0.15) is 18.4 Å². The van der Waals surface area contributed by atoms with Crippen molar-refractivity contribution in [3.8, 4) is 11.8 Å². The lowest BCUT2D eigenvalue weighted by molar-refractivity contribution is 0.230. The number of nitrogens with zero attached hydrogens (tertiary/aromatic N) is 2. The summed E-state index contributed by atoms with van der Waals surface area (Å²) in [5.41, 5.74) is 0.607. The van der Waals surface area contributed by atoms with Crippen LogP contribution in [0.5, 0.6) is 5.75 Å². The fourth-order valence-electron chi connectivity index (χ4n) is 2.14. The van der Waals surface area contributed by atoms with Gasteiger partial charge in [-0.05, 0) is 37.4 Å². The molecule has 2 unspecified atom stereocenters. The highest BCUT2D eigenvalue weighted by atomic mass is 16.5. The molecule has 18 heavy (non-hydrogen) atoms. The molecule has 96 valence electrons. The van der Waals surface area contributed by atoms with E-state index in [0.717, 1.165) is 24.9 Å². The molecule has 0 spiro atoms. The minimum absolute atomic E-state index is 0.607. The van der Waals surface area contributed by atoms with E-state index in [1.165, 1.54) is 6.42 Å². The molecule has 0 amide bonds. The quantitative estimate of drug-likeness (QED) is 0.771. The van der Waals surface area contributed by atoms with Crippen molar-refractivity contribution in [3.63, 3.8) is 0 Å². The van der Waals surface area contributed by atoms with E-state index < -0.39 is 0 Å². The molecule has 3 heteroatoms. The van der Waals surface area contributed by atoms with Gasteiger partial charge in [-0.25, -0.2) is 0 Å². The molecule has 1 aromatic rings. The zero-order valence-corrected chi connectivity index (χ0v) is 11.1. The number of benzene rings is 1. The number of nitriles is 1. The Hall–Kier alpha value is -1.53. The third-order valence-electron chi connectivity index (χ3n) is 3.56. The van der Waals surface area contributed by atoms with E-state index in [2.05, 4.69) is 24.9 Å². The Morgan fingerprint density at radius 2 is 2.17 bits per heavy atom. The second-order valence-electron chi connectivity index (χ2n) is 5.19. The van der Waals surface area contributed by atoms with Gasteiger partial charge >= 0.3 is 0 Å². The standard InChI is InChI=1S/C15H20N2O/c1-12-9-14(12)11-17(2)7-8-18-15-6-4-3-5-13(15)10-16/h3-6,12,14H,7-9,11H2,1-2H3. The normalized spacial score (nSPS) is 21.7. The van der Waals surface area contributed by atoms with Gasteiger partial charge in [0.05, 0.1) is 5.56 Å². The summed E-state index contributed by atoms with van der Waals surface area (Å²) in [7, 11) is 2.13. The zero-order chi connectivity index (χ0) is 13.0. The highest BCUT2D eigenvalue weighted by Crippen LogP contribution is 2.37. The van der Waals surface area contributed by atoms with Crippen LogP contribution in [0.3, 0.4) is 0 Å². The molecule has 2 rings (SSSR count). The van der Waals surface area contributed by atoms with E-state index in [4.69, 9.17) is 10.00 Å². The Kier molecular flexibility index (Phi) is 4.22. The van der Waals surface area contributed by atoms with Crippen LogP contribution in [-0.4, -0.2) is 31.6 Å². The maximum atomic E-state index is 8.94. The van der Waals surface area contributed by atoms with Gasteiger partial charge in [-0.1, -0.05) is 19.1 Å². The lowest BCUT2D eigenvalue weighted by Gasteiger charge is -2.17. The average Bonchev–Trinajstić information content (AvgIpc) is 3.05. The van der Waals surface area contributed by atoms with Crippen LogP contribution in [0.4, 0.5) is 0 Å². The Morgan fingerprint density at radius 1 is 1.44 bits per heavy atom. The van der Waals surface area contributed by atoms with E-state index in [1.54, 1.807) is 6.07 Å². The van der Waals surface area contributed by atoms with Crippen molar-refractivity contribution in [2.24, 2.45) is 11.8 Å². The van der Waals surface area contributed by atoms with Crippen molar-refractivity contribution in [1.29, 1.82) is 5.26 Å². The van der Waals surface area contributed by atoms with Crippen LogP contribution in [0.2, 0.25) is 0 Å². The summed E-state index contributed by atoms with van der Waals surface area (Å²) in [6.45, 7) is 5.00. The highest BCUT2D eigenvalue weighted by Gasteiger charge is 2.32. The van der Waals surface area contributed by atoms with Gasteiger partial charge in [-0.3, -0.25) is 0 Å². The van der Waals surface area contributed by atoms with Crippen LogP contribution >= 0.6 is 0 Å².